The summed E-state index contributed by atoms with van der Waals surface area (Å²) in [4.78, 5) is 11.8. The molecule has 0 aliphatic carbocycles. The van der Waals surface area contributed by atoms with Crippen molar-refractivity contribution in [3.05, 3.63) is 18.2 Å². The molecule has 0 atom stereocenters. The second-order valence-electron chi connectivity index (χ2n) is 5.97. The lowest BCUT2D eigenvalue weighted by atomic mass is 10.1. The predicted molar refractivity (Wildman–Crippen MR) is 95.7 cm³/mol. The van der Waals surface area contributed by atoms with E-state index in [1.54, 1.807) is 18.2 Å². The van der Waals surface area contributed by atoms with E-state index in [4.69, 9.17) is 11.5 Å². The molecule has 0 saturated carbocycles. The lowest BCUT2D eigenvalue weighted by molar-refractivity contribution is -0.116. The van der Waals surface area contributed by atoms with Gasteiger partial charge in [-0.3, -0.25) is 4.79 Å². The Kier molecular flexibility index (Phi) is 9.12. The fraction of sp³-hybridized carbons (Fsp3) is 0.611. The van der Waals surface area contributed by atoms with Gasteiger partial charge in [0.2, 0.25) is 5.91 Å². The van der Waals surface area contributed by atoms with E-state index >= 15 is 0 Å². The van der Waals surface area contributed by atoms with Crippen LogP contribution in [0.25, 0.3) is 0 Å². The van der Waals surface area contributed by atoms with E-state index in [9.17, 15) is 4.79 Å². The van der Waals surface area contributed by atoms with E-state index in [-0.39, 0.29) is 5.91 Å². The molecular weight excluding hydrogens is 274 g/mol. The van der Waals surface area contributed by atoms with Crippen LogP contribution in [0.3, 0.4) is 0 Å². The average molecular weight is 305 g/mol. The second kappa shape index (κ2) is 10.9. The van der Waals surface area contributed by atoms with Crippen LogP contribution < -0.4 is 16.8 Å². The largest absolute Gasteiger partial charge is 0.397 e. The standard InChI is InChI=1S/C18H31N3O/c1-2-3-4-5-6-7-8-9-10-11-18(22)21-15-12-13-16(19)17(20)14-15/h12-14H,2-11,19-20H2,1H3,(H,21,22). The van der Waals surface area contributed by atoms with Crippen LogP contribution in [0.5, 0.6) is 0 Å². The molecule has 0 spiro atoms. The summed E-state index contributed by atoms with van der Waals surface area (Å²) in [5, 5.41) is 2.86. The number of anilines is 3. The van der Waals surface area contributed by atoms with Crippen LogP contribution in [0.2, 0.25) is 0 Å². The van der Waals surface area contributed by atoms with Crippen LogP contribution in [0.15, 0.2) is 18.2 Å². The van der Waals surface area contributed by atoms with E-state index in [1.165, 1.54) is 44.9 Å². The molecule has 0 aliphatic heterocycles. The zero-order chi connectivity index (χ0) is 16.2. The van der Waals surface area contributed by atoms with Crippen molar-refractivity contribution < 1.29 is 4.79 Å². The van der Waals surface area contributed by atoms with E-state index < -0.39 is 0 Å². The molecule has 0 fully saturated rings. The summed E-state index contributed by atoms with van der Waals surface area (Å²) in [7, 11) is 0. The molecule has 1 amide bonds. The highest BCUT2D eigenvalue weighted by Gasteiger charge is 2.03. The molecule has 1 rings (SSSR count). The highest BCUT2D eigenvalue weighted by molar-refractivity contribution is 5.91. The van der Waals surface area contributed by atoms with Crippen molar-refractivity contribution in [2.75, 3.05) is 16.8 Å². The molecule has 4 nitrogen and oxygen atoms in total. The predicted octanol–water partition coefficient (Wildman–Crippen LogP) is 4.71. The summed E-state index contributed by atoms with van der Waals surface area (Å²) in [6.45, 7) is 2.24. The summed E-state index contributed by atoms with van der Waals surface area (Å²) >= 11 is 0. The third kappa shape index (κ3) is 7.91. The SMILES string of the molecule is CCCCCCCCCCCC(=O)Nc1ccc(N)c(N)c1. The molecule has 124 valence electrons. The maximum absolute atomic E-state index is 11.8. The Hall–Kier alpha value is -1.71. The first-order valence-electron chi connectivity index (χ1n) is 8.58. The number of nitrogens with two attached hydrogens (primary N) is 2. The monoisotopic (exact) mass is 305 g/mol. The Balaban J connectivity index is 2.05. The van der Waals surface area contributed by atoms with Gasteiger partial charge in [-0.1, -0.05) is 58.3 Å². The van der Waals surface area contributed by atoms with Gasteiger partial charge in [-0.15, -0.1) is 0 Å². The summed E-state index contributed by atoms with van der Waals surface area (Å²) < 4.78 is 0. The third-order valence-corrected chi connectivity index (χ3v) is 3.88. The number of unbranched alkanes of at least 4 members (excludes halogenated alkanes) is 8. The molecule has 1 aromatic carbocycles. The minimum atomic E-state index is 0.0483. The average Bonchev–Trinajstić information content (AvgIpc) is 2.49. The highest BCUT2D eigenvalue weighted by Crippen LogP contribution is 2.20. The van der Waals surface area contributed by atoms with Crippen molar-refractivity contribution in [2.45, 2.75) is 71.1 Å². The smallest absolute Gasteiger partial charge is 0.224 e. The first kappa shape index (κ1) is 18.3. The van der Waals surface area contributed by atoms with Gasteiger partial charge in [-0.2, -0.15) is 0 Å². The van der Waals surface area contributed by atoms with Gasteiger partial charge >= 0.3 is 0 Å². The minimum absolute atomic E-state index is 0.0483. The van der Waals surface area contributed by atoms with E-state index in [2.05, 4.69) is 12.2 Å². The number of hydrogen-bond donors (Lipinski definition) is 3. The zero-order valence-corrected chi connectivity index (χ0v) is 13.9. The first-order chi connectivity index (χ1) is 10.6. The summed E-state index contributed by atoms with van der Waals surface area (Å²) in [6, 6.07) is 5.19. The molecule has 22 heavy (non-hydrogen) atoms. The summed E-state index contributed by atoms with van der Waals surface area (Å²) in [5.41, 5.74) is 13.1. The molecule has 1 aromatic rings. The molecule has 0 saturated heterocycles. The van der Waals surface area contributed by atoms with Crippen molar-refractivity contribution in [1.82, 2.24) is 0 Å². The van der Waals surface area contributed by atoms with Gasteiger partial charge in [0, 0.05) is 12.1 Å². The number of rotatable bonds is 11. The first-order valence-corrected chi connectivity index (χ1v) is 8.58. The van der Waals surface area contributed by atoms with Gasteiger partial charge in [-0.25, -0.2) is 0 Å². The highest BCUT2D eigenvalue weighted by atomic mass is 16.1. The van der Waals surface area contributed by atoms with Gasteiger partial charge in [0.25, 0.3) is 0 Å². The van der Waals surface area contributed by atoms with E-state index in [1.807, 2.05) is 0 Å². The molecule has 0 radical (unpaired) electrons. The molecule has 5 N–H and O–H groups in total. The number of hydrogen-bond acceptors (Lipinski definition) is 3. The third-order valence-electron chi connectivity index (χ3n) is 3.88. The van der Waals surface area contributed by atoms with Gasteiger partial charge < -0.3 is 16.8 Å². The van der Waals surface area contributed by atoms with Gasteiger partial charge in [0.05, 0.1) is 11.4 Å². The van der Waals surface area contributed by atoms with Crippen LogP contribution >= 0.6 is 0 Å². The molecule has 0 unspecified atom stereocenters. The second-order valence-corrected chi connectivity index (χ2v) is 5.97. The topological polar surface area (TPSA) is 81.1 Å². The van der Waals surface area contributed by atoms with Crippen LogP contribution in [0.4, 0.5) is 17.1 Å². The van der Waals surface area contributed by atoms with Crippen molar-refractivity contribution in [3.8, 4) is 0 Å². The number of amides is 1. The molecule has 0 bridgehead atoms. The number of nitrogens with one attached hydrogen (secondary N) is 1. The lowest BCUT2D eigenvalue weighted by Crippen LogP contribution is -2.11. The van der Waals surface area contributed by atoms with Crippen LogP contribution in [-0.4, -0.2) is 5.91 Å². The number of nitrogen functional groups attached to an aromatic ring is 2. The lowest BCUT2D eigenvalue weighted by Gasteiger charge is -2.07. The van der Waals surface area contributed by atoms with Crippen molar-refractivity contribution >= 4 is 23.0 Å². The Bertz CT molecular complexity index is 446. The number of carbonyl (C=O) groups excluding carboxylic acids is 1. The Morgan fingerprint density at radius 2 is 1.50 bits per heavy atom. The van der Waals surface area contributed by atoms with Crippen LogP contribution in [0, 0.1) is 0 Å². The molecule has 0 aromatic heterocycles. The molecule has 4 heteroatoms. The fourth-order valence-corrected chi connectivity index (χ4v) is 2.47. The maximum Gasteiger partial charge on any atom is 0.224 e. The fourth-order valence-electron chi connectivity index (χ4n) is 2.47. The molecular formula is C18H31N3O. The maximum atomic E-state index is 11.8. The summed E-state index contributed by atoms with van der Waals surface area (Å²) in [6.07, 6.45) is 11.9. The van der Waals surface area contributed by atoms with Crippen molar-refractivity contribution in [3.63, 3.8) is 0 Å². The van der Waals surface area contributed by atoms with Crippen LogP contribution in [-0.2, 0) is 4.79 Å². The quantitative estimate of drug-likeness (QED) is 0.409. The Morgan fingerprint density at radius 1 is 0.909 bits per heavy atom. The Morgan fingerprint density at radius 3 is 2.09 bits per heavy atom. The van der Waals surface area contributed by atoms with Crippen LogP contribution in [0.1, 0.15) is 71.1 Å². The Labute approximate surface area is 134 Å². The molecule has 0 aliphatic rings. The van der Waals surface area contributed by atoms with Gasteiger partial charge in [0.1, 0.15) is 0 Å². The van der Waals surface area contributed by atoms with E-state index in [0.717, 1.165) is 12.8 Å². The van der Waals surface area contributed by atoms with E-state index in [0.29, 0.717) is 23.5 Å². The summed E-state index contributed by atoms with van der Waals surface area (Å²) in [5.74, 6) is 0.0483. The minimum Gasteiger partial charge on any atom is -0.397 e. The van der Waals surface area contributed by atoms with Gasteiger partial charge in [-0.05, 0) is 24.6 Å². The number of benzene rings is 1. The normalized spacial score (nSPS) is 10.6. The zero-order valence-electron chi connectivity index (χ0n) is 13.9. The van der Waals surface area contributed by atoms with Gasteiger partial charge in [0.15, 0.2) is 0 Å². The number of carbonyl (C=O) groups is 1. The van der Waals surface area contributed by atoms with Crippen molar-refractivity contribution in [2.24, 2.45) is 0 Å². The molecule has 0 heterocycles. The van der Waals surface area contributed by atoms with Crippen molar-refractivity contribution in [1.29, 1.82) is 0 Å².